The second-order valence-electron chi connectivity index (χ2n) is 6.89. The van der Waals surface area contributed by atoms with Gasteiger partial charge in [0, 0.05) is 23.1 Å². The van der Waals surface area contributed by atoms with Gasteiger partial charge in [0.15, 0.2) is 0 Å². The predicted octanol–water partition coefficient (Wildman–Crippen LogP) is 3.63. The van der Waals surface area contributed by atoms with E-state index in [0.717, 1.165) is 18.4 Å². The van der Waals surface area contributed by atoms with Gasteiger partial charge < -0.3 is 13.9 Å². The number of amides is 1. The number of hydrazone groups is 1. The molecule has 1 aliphatic carbocycles. The summed E-state index contributed by atoms with van der Waals surface area (Å²) >= 11 is 0. The van der Waals surface area contributed by atoms with Crippen molar-refractivity contribution < 1.29 is 23.5 Å². The number of rotatable bonds is 5. The van der Waals surface area contributed by atoms with Crippen LogP contribution in [0, 0.1) is 6.92 Å². The Hall–Kier alpha value is -3.09. The fourth-order valence-electron chi connectivity index (χ4n) is 3.17. The third kappa shape index (κ3) is 4.08. The fourth-order valence-corrected chi connectivity index (χ4v) is 3.17. The maximum atomic E-state index is 12.4. The number of hydrogen-bond acceptors (Lipinski definition) is 6. The maximum absolute atomic E-state index is 12.4. The van der Waals surface area contributed by atoms with E-state index in [0.29, 0.717) is 34.8 Å². The molecule has 28 heavy (non-hydrogen) atoms. The van der Waals surface area contributed by atoms with Gasteiger partial charge in [0.25, 0.3) is 5.91 Å². The van der Waals surface area contributed by atoms with Crippen LogP contribution in [0.2, 0.25) is 0 Å². The number of fused-ring (bicyclic) bond motifs is 1. The molecule has 0 saturated carbocycles. The first-order valence-corrected chi connectivity index (χ1v) is 9.25. The van der Waals surface area contributed by atoms with Gasteiger partial charge in [-0.2, -0.15) is 5.10 Å². The molecule has 0 saturated heterocycles. The third-order valence-corrected chi connectivity index (χ3v) is 4.50. The molecule has 1 N–H and O–H groups in total. The van der Waals surface area contributed by atoms with Gasteiger partial charge in [-0.1, -0.05) is 0 Å². The second kappa shape index (κ2) is 8.29. The lowest BCUT2D eigenvalue weighted by Gasteiger charge is -2.13. The molecule has 0 unspecified atom stereocenters. The topological polar surface area (TPSA) is 90.1 Å². The number of aryl methyl sites for hydroxylation is 1. The molecule has 0 bridgehead atoms. The normalized spacial score (nSPS) is 14.7. The number of methoxy groups -OCH3 is 1. The predicted molar refractivity (Wildman–Crippen MR) is 104 cm³/mol. The Labute approximate surface area is 163 Å². The molecule has 1 heterocycles. The van der Waals surface area contributed by atoms with Crippen molar-refractivity contribution in [3.8, 4) is 5.75 Å². The molecule has 0 aliphatic heterocycles. The summed E-state index contributed by atoms with van der Waals surface area (Å²) in [6.07, 6.45) is 2.01. The van der Waals surface area contributed by atoms with Crippen LogP contribution in [0.1, 0.15) is 64.5 Å². The fraction of sp³-hybridized carbons (Fsp3) is 0.381. The minimum atomic E-state index is -0.483. The minimum Gasteiger partial charge on any atom is -0.497 e. The number of furan rings is 1. The van der Waals surface area contributed by atoms with E-state index in [9.17, 15) is 9.59 Å². The highest BCUT2D eigenvalue weighted by Gasteiger charge is 2.29. The summed E-state index contributed by atoms with van der Waals surface area (Å²) in [7, 11) is 1.57. The summed E-state index contributed by atoms with van der Waals surface area (Å²) in [4.78, 5) is 24.6. The summed E-state index contributed by atoms with van der Waals surface area (Å²) in [5, 5.41) is 4.31. The highest BCUT2D eigenvalue weighted by atomic mass is 16.6. The Morgan fingerprint density at radius 2 is 1.89 bits per heavy atom. The zero-order valence-corrected chi connectivity index (χ0v) is 16.5. The van der Waals surface area contributed by atoms with Gasteiger partial charge in [-0.3, -0.25) is 4.79 Å². The molecule has 1 aromatic heterocycles. The zero-order valence-electron chi connectivity index (χ0n) is 16.5. The van der Waals surface area contributed by atoms with Crippen molar-refractivity contribution in [2.24, 2.45) is 5.10 Å². The van der Waals surface area contributed by atoms with Crippen molar-refractivity contribution >= 4 is 17.6 Å². The van der Waals surface area contributed by atoms with Gasteiger partial charge >= 0.3 is 5.97 Å². The lowest BCUT2D eigenvalue weighted by Crippen LogP contribution is -2.22. The first-order valence-electron chi connectivity index (χ1n) is 9.25. The highest BCUT2D eigenvalue weighted by Crippen LogP contribution is 2.30. The summed E-state index contributed by atoms with van der Waals surface area (Å²) in [5.41, 5.74) is 5.26. The van der Waals surface area contributed by atoms with Gasteiger partial charge in [0.05, 0.1) is 18.9 Å². The monoisotopic (exact) mass is 384 g/mol. The molecule has 7 heteroatoms. The molecule has 0 fully saturated rings. The molecular weight excluding hydrogens is 360 g/mol. The molecule has 3 rings (SSSR count). The average molecular weight is 384 g/mol. The molecule has 7 nitrogen and oxygen atoms in total. The Morgan fingerprint density at radius 1 is 1.18 bits per heavy atom. The van der Waals surface area contributed by atoms with Crippen LogP contribution in [0.15, 0.2) is 33.8 Å². The van der Waals surface area contributed by atoms with E-state index in [1.807, 2.05) is 6.92 Å². The highest BCUT2D eigenvalue weighted by molar-refractivity contribution is 6.06. The summed E-state index contributed by atoms with van der Waals surface area (Å²) < 4.78 is 16.1. The number of ether oxygens (including phenoxy) is 2. The van der Waals surface area contributed by atoms with Crippen LogP contribution in [0.25, 0.3) is 0 Å². The van der Waals surface area contributed by atoms with Crippen LogP contribution >= 0.6 is 0 Å². The van der Waals surface area contributed by atoms with E-state index in [1.165, 1.54) is 0 Å². The Morgan fingerprint density at radius 3 is 2.54 bits per heavy atom. The van der Waals surface area contributed by atoms with Gasteiger partial charge in [0.2, 0.25) is 5.76 Å². The number of benzene rings is 1. The van der Waals surface area contributed by atoms with Crippen LogP contribution in [-0.4, -0.2) is 30.8 Å². The molecule has 2 aromatic rings. The van der Waals surface area contributed by atoms with Crippen molar-refractivity contribution in [3.63, 3.8) is 0 Å². The summed E-state index contributed by atoms with van der Waals surface area (Å²) in [5.74, 6) is 0.785. The number of esters is 1. The number of carbonyl (C=O) groups is 2. The average Bonchev–Trinajstić information content (AvgIpc) is 3.03. The molecule has 1 aromatic carbocycles. The number of hydrogen-bond donors (Lipinski definition) is 1. The van der Waals surface area contributed by atoms with Crippen molar-refractivity contribution in [2.75, 3.05) is 7.11 Å². The van der Waals surface area contributed by atoms with E-state index in [4.69, 9.17) is 13.9 Å². The summed E-state index contributed by atoms with van der Waals surface area (Å²) in [6, 6.07) is 6.77. The van der Waals surface area contributed by atoms with Crippen molar-refractivity contribution in [3.05, 3.63) is 52.5 Å². The molecule has 1 aliphatic rings. The van der Waals surface area contributed by atoms with Crippen LogP contribution < -0.4 is 10.2 Å². The number of nitrogens with zero attached hydrogens (tertiary/aromatic N) is 1. The Kier molecular flexibility index (Phi) is 5.82. The maximum Gasteiger partial charge on any atom is 0.374 e. The van der Waals surface area contributed by atoms with Gasteiger partial charge in [-0.25, -0.2) is 10.2 Å². The lowest BCUT2D eigenvalue weighted by atomic mass is 9.93. The molecule has 0 radical (unpaired) electrons. The largest absolute Gasteiger partial charge is 0.497 e. The smallest absolute Gasteiger partial charge is 0.374 e. The molecule has 1 amide bonds. The van der Waals surface area contributed by atoms with E-state index in [2.05, 4.69) is 10.5 Å². The lowest BCUT2D eigenvalue weighted by molar-refractivity contribution is 0.0338. The molecule has 0 atom stereocenters. The van der Waals surface area contributed by atoms with E-state index >= 15 is 0 Å². The van der Waals surface area contributed by atoms with Crippen LogP contribution in [-0.2, 0) is 11.2 Å². The van der Waals surface area contributed by atoms with Crippen LogP contribution in [0.5, 0.6) is 5.75 Å². The van der Waals surface area contributed by atoms with Gasteiger partial charge in [0.1, 0.15) is 11.5 Å². The SMILES string of the molecule is COc1ccc(C(=O)N/N=C2\CCCc3oc(C(=O)OC(C)C)c(C)c32)cc1. The summed E-state index contributed by atoms with van der Waals surface area (Å²) in [6.45, 7) is 5.39. The van der Waals surface area contributed by atoms with E-state index in [-0.39, 0.29) is 17.8 Å². The van der Waals surface area contributed by atoms with Crippen LogP contribution in [0.3, 0.4) is 0 Å². The first kappa shape index (κ1) is 19.7. The number of nitrogens with one attached hydrogen (secondary N) is 1. The van der Waals surface area contributed by atoms with Gasteiger partial charge in [-0.05, 0) is 57.9 Å². The third-order valence-electron chi connectivity index (χ3n) is 4.50. The quantitative estimate of drug-likeness (QED) is 0.628. The first-order chi connectivity index (χ1) is 13.4. The van der Waals surface area contributed by atoms with Gasteiger partial charge in [-0.15, -0.1) is 0 Å². The molecular formula is C21H24N2O5. The Bertz CT molecular complexity index is 910. The van der Waals surface area contributed by atoms with E-state index in [1.54, 1.807) is 45.2 Å². The van der Waals surface area contributed by atoms with Crippen molar-refractivity contribution in [1.82, 2.24) is 5.43 Å². The molecule has 148 valence electrons. The second-order valence-corrected chi connectivity index (χ2v) is 6.89. The zero-order chi connectivity index (χ0) is 20.3. The standard InChI is InChI=1S/C21H24N2O5/c1-12(2)27-21(25)19-13(3)18-16(6-5-7-17(18)28-19)22-23-20(24)14-8-10-15(26-4)11-9-14/h8-12H,5-7H2,1-4H3,(H,23,24)/b22-16+. The minimum absolute atomic E-state index is 0.204. The Balaban J connectivity index is 1.82. The molecule has 0 spiro atoms. The number of carbonyl (C=O) groups excluding carboxylic acids is 2. The van der Waals surface area contributed by atoms with Crippen LogP contribution in [0.4, 0.5) is 0 Å². The van der Waals surface area contributed by atoms with Crippen molar-refractivity contribution in [1.29, 1.82) is 0 Å². The van der Waals surface area contributed by atoms with E-state index < -0.39 is 5.97 Å². The van der Waals surface area contributed by atoms with Crippen molar-refractivity contribution in [2.45, 2.75) is 46.1 Å².